The molecule has 3 aromatic carbocycles. The summed E-state index contributed by atoms with van der Waals surface area (Å²) in [6, 6.07) is 17.8. The van der Waals surface area contributed by atoms with Crippen LogP contribution in [-0.4, -0.2) is 32.3 Å². The molecule has 35 heavy (non-hydrogen) atoms. The lowest BCUT2D eigenvalue weighted by Crippen LogP contribution is -2.23. The second-order valence-corrected chi connectivity index (χ2v) is 10.1. The summed E-state index contributed by atoms with van der Waals surface area (Å²) in [5.41, 5.74) is 2.89. The molecule has 1 fully saturated rings. The highest BCUT2D eigenvalue weighted by atomic mass is 32.2. The van der Waals surface area contributed by atoms with Crippen LogP contribution >= 0.6 is 0 Å². The lowest BCUT2D eigenvalue weighted by molar-refractivity contribution is -0.385. The number of hydrogen-bond donors (Lipinski definition) is 2. The minimum atomic E-state index is -4.03. The molecule has 182 valence electrons. The highest BCUT2D eigenvalue weighted by Crippen LogP contribution is 2.24. The van der Waals surface area contributed by atoms with Crippen molar-refractivity contribution in [1.82, 2.24) is 5.32 Å². The summed E-state index contributed by atoms with van der Waals surface area (Å²) in [5.74, 6) is -0.280. The molecule has 0 bridgehead atoms. The van der Waals surface area contributed by atoms with Crippen LogP contribution < -0.4 is 14.9 Å². The van der Waals surface area contributed by atoms with Crippen LogP contribution in [0, 0.1) is 17.0 Å². The normalized spacial score (nSPS) is 13.5. The van der Waals surface area contributed by atoms with Gasteiger partial charge in [0.05, 0.1) is 9.82 Å². The van der Waals surface area contributed by atoms with Crippen molar-refractivity contribution < 1.29 is 18.1 Å². The fraction of sp³-hybridized carbons (Fsp3) is 0.240. The fourth-order valence-corrected chi connectivity index (χ4v) is 5.02. The zero-order valence-corrected chi connectivity index (χ0v) is 20.0. The van der Waals surface area contributed by atoms with Gasteiger partial charge in [0.15, 0.2) is 0 Å². The first-order valence-corrected chi connectivity index (χ1v) is 12.7. The van der Waals surface area contributed by atoms with Crippen molar-refractivity contribution in [3.05, 3.63) is 93.5 Å². The number of benzene rings is 3. The van der Waals surface area contributed by atoms with Gasteiger partial charge in [-0.3, -0.25) is 19.6 Å². The maximum absolute atomic E-state index is 12.7. The Morgan fingerprint density at radius 3 is 2.29 bits per heavy atom. The van der Waals surface area contributed by atoms with E-state index < -0.39 is 14.9 Å². The van der Waals surface area contributed by atoms with Crippen molar-refractivity contribution in [1.29, 1.82) is 0 Å². The third-order valence-corrected chi connectivity index (χ3v) is 7.33. The van der Waals surface area contributed by atoms with E-state index in [9.17, 15) is 23.3 Å². The van der Waals surface area contributed by atoms with Crippen LogP contribution in [0.15, 0.2) is 71.6 Å². The monoisotopic (exact) mass is 494 g/mol. The molecule has 1 aliphatic heterocycles. The lowest BCUT2D eigenvalue weighted by atomic mass is 10.1. The molecule has 0 aliphatic carbocycles. The Morgan fingerprint density at radius 1 is 1.00 bits per heavy atom. The number of sulfonamides is 1. The number of nitrogens with one attached hydrogen (secondary N) is 2. The van der Waals surface area contributed by atoms with Crippen molar-refractivity contribution in [2.75, 3.05) is 22.7 Å². The average molecular weight is 495 g/mol. The van der Waals surface area contributed by atoms with Gasteiger partial charge in [-0.2, -0.15) is 0 Å². The van der Waals surface area contributed by atoms with E-state index in [0.717, 1.165) is 24.7 Å². The van der Waals surface area contributed by atoms with Gasteiger partial charge in [0.1, 0.15) is 0 Å². The Bertz CT molecular complexity index is 1330. The van der Waals surface area contributed by atoms with Crippen LogP contribution in [0.1, 0.15) is 34.3 Å². The number of nitro groups is 1. The van der Waals surface area contributed by atoms with Crippen LogP contribution in [0.3, 0.4) is 0 Å². The summed E-state index contributed by atoms with van der Waals surface area (Å²) in [7, 11) is -4.03. The Kier molecular flexibility index (Phi) is 7.02. The van der Waals surface area contributed by atoms with Crippen molar-refractivity contribution in [2.24, 2.45) is 0 Å². The molecule has 3 aromatic rings. The molecule has 0 unspecified atom stereocenters. The van der Waals surface area contributed by atoms with E-state index in [1.165, 1.54) is 61.9 Å². The van der Waals surface area contributed by atoms with Crippen LogP contribution in [0.2, 0.25) is 0 Å². The van der Waals surface area contributed by atoms with Crippen LogP contribution in [0.25, 0.3) is 0 Å². The van der Waals surface area contributed by atoms with Gasteiger partial charge in [-0.25, -0.2) is 8.42 Å². The lowest BCUT2D eigenvalue weighted by Gasteiger charge is -2.17. The van der Waals surface area contributed by atoms with Gasteiger partial charge in [-0.1, -0.05) is 18.2 Å². The molecule has 10 heteroatoms. The number of nitrogens with zero attached hydrogens (tertiary/aromatic N) is 2. The predicted molar refractivity (Wildman–Crippen MR) is 134 cm³/mol. The highest BCUT2D eigenvalue weighted by Gasteiger charge is 2.20. The maximum atomic E-state index is 12.7. The zero-order valence-electron chi connectivity index (χ0n) is 19.2. The molecule has 0 aromatic heterocycles. The Labute approximate surface area is 204 Å². The molecular weight excluding hydrogens is 468 g/mol. The summed E-state index contributed by atoms with van der Waals surface area (Å²) < 4.78 is 27.7. The van der Waals surface area contributed by atoms with E-state index in [4.69, 9.17) is 0 Å². The largest absolute Gasteiger partial charge is 0.372 e. The summed E-state index contributed by atoms with van der Waals surface area (Å²) >= 11 is 0. The summed E-state index contributed by atoms with van der Waals surface area (Å²) in [6.07, 6.45) is 2.43. The molecule has 0 spiro atoms. The molecule has 0 saturated carbocycles. The predicted octanol–water partition coefficient (Wildman–Crippen LogP) is 4.23. The fourth-order valence-electron chi connectivity index (χ4n) is 3.94. The number of nitro benzene ring substituents is 1. The van der Waals surface area contributed by atoms with E-state index in [-0.39, 0.29) is 22.2 Å². The second-order valence-electron chi connectivity index (χ2n) is 8.43. The topological polar surface area (TPSA) is 122 Å². The van der Waals surface area contributed by atoms with Gasteiger partial charge in [-0.05, 0) is 67.8 Å². The number of hydrogen-bond acceptors (Lipinski definition) is 6. The van der Waals surface area contributed by atoms with E-state index in [1.54, 1.807) is 0 Å². The highest BCUT2D eigenvalue weighted by molar-refractivity contribution is 7.92. The van der Waals surface area contributed by atoms with Gasteiger partial charge in [0.25, 0.3) is 21.6 Å². The number of carbonyl (C=O) groups excluding carboxylic acids is 1. The molecule has 0 atom stereocenters. The van der Waals surface area contributed by atoms with Gasteiger partial charge >= 0.3 is 0 Å². The minimum absolute atomic E-state index is 0.215. The van der Waals surface area contributed by atoms with E-state index in [0.29, 0.717) is 17.7 Å². The van der Waals surface area contributed by atoms with Crippen LogP contribution in [0.4, 0.5) is 17.1 Å². The van der Waals surface area contributed by atoms with Crippen LogP contribution in [-0.2, 0) is 16.6 Å². The van der Waals surface area contributed by atoms with E-state index in [2.05, 4.69) is 27.1 Å². The number of amides is 1. The van der Waals surface area contributed by atoms with E-state index in [1.807, 2.05) is 12.1 Å². The summed E-state index contributed by atoms with van der Waals surface area (Å²) in [6.45, 7) is 4.06. The molecule has 1 aliphatic rings. The van der Waals surface area contributed by atoms with E-state index >= 15 is 0 Å². The Morgan fingerprint density at radius 2 is 1.66 bits per heavy atom. The first-order valence-electron chi connectivity index (χ1n) is 11.2. The number of carbonyl (C=O) groups is 1. The molecule has 4 rings (SSSR count). The Balaban J connectivity index is 1.36. The van der Waals surface area contributed by atoms with Crippen molar-refractivity contribution in [2.45, 2.75) is 31.2 Å². The SMILES string of the molecule is Cc1ccc(S(=O)(=O)Nc2ccc(C(=O)NCc3ccc(N4CCCC4)cc3)cc2)cc1[N+](=O)[O-]. The van der Waals surface area contributed by atoms with Crippen molar-refractivity contribution >= 4 is 33.0 Å². The number of rotatable bonds is 8. The van der Waals surface area contributed by atoms with Gasteiger partial charge < -0.3 is 10.2 Å². The molecule has 1 heterocycles. The van der Waals surface area contributed by atoms with Crippen molar-refractivity contribution in [3.8, 4) is 0 Å². The number of anilines is 2. The Hall–Kier alpha value is -3.92. The minimum Gasteiger partial charge on any atom is -0.372 e. The first-order chi connectivity index (χ1) is 16.7. The zero-order chi connectivity index (χ0) is 25.0. The van der Waals surface area contributed by atoms with Gasteiger partial charge in [-0.15, -0.1) is 0 Å². The molecule has 9 nitrogen and oxygen atoms in total. The smallest absolute Gasteiger partial charge is 0.273 e. The summed E-state index contributed by atoms with van der Waals surface area (Å²) in [4.78, 5) is 25.2. The van der Waals surface area contributed by atoms with Crippen molar-refractivity contribution in [3.63, 3.8) is 0 Å². The third kappa shape index (κ3) is 5.78. The number of aryl methyl sites for hydroxylation is 1. The van der Waals surface area contributed by atoms with Gasteiger partial charge in [0.2, 0.25) is 0 Å². The second kappa shape index (κ2) is 10.1. The quantitative estimate of drug-likeness (QED) is 0.357. The van der Waals surface area contributed by atoms with Crippen LogP contribution in [0.5, 0.6) is 0 Å². The summed E-state index contributed by atoms with van der Waals surface area (Å²) in [5, 5.41) is 14.0. The standard InChI is InChI=1S/C25H26N4O5S/c1-18-4-13-23(16-24(18)29(31)32)35(33,34)27-21-9-7-20(8-10-21)25(30)26-17-19-5-11-22(12-6-19)28-14-2-3-15-28/h4-13,16,27H,2-3,14-15,17H2,1H3,(H,26,30). The molecular formula is C25H26N4O5S. The molecule has 2 N–H and O–H groups in total. The third-order valence-electron chi connectivity index (χ3n) is 5.95. The average Bonchev–Trinajstić information content (AvgIpc) is 3.38. The molecule has 0 radical (unpaired) electrons. The molecule has 1 saturated heterocycles. The maximum Gasteiger partial charge on any atom is 0.273 e. The molecule has 1 amide bonds. The van der Waals surface area contributed by atoms with Gasteiger partial charge in [0, 0.05) is 48.2 Å². The first kappa shape index (κ1) is 24.2.